The summed E-state index contributed by atoms with van der Waals surface area (Å²) in [7, 11) is 0. The number of carbonyl (C=O) groups is 3. The van der Waals surface area contributed by atoms with Crippen LogP contribution in [0.2, 0.25) is 5.02 Å². The van der Waals surface area contributed by atoms with Crippen molar-refractivity contribution < 1.29 is 34.1 Å². The maximum absolute atomic E-state index is 13.1. The minimum Gasteiger partial charge on any atom is -0.494 e. The van der Waals surface area contributed by atoms with Crippen LogP contribution in [0.25, 0.3) is 11.1 Å². The number of nitrogens with one attached hydrogen (secondary N) is 2. The average molecular weight is 886 g/mol. The Morgan fingerprint density at radius 2 is 1.67 bits per heavy atom. The second-order valence-electron chi connectivity index (χ2n) is 17.8. The molecule has 0 saturated heterocycles. The smallest absolute Gasteiger partial charge is 0.373 e. The molecule has 334 valence electrons. The first-order valence-corrected chi connectivity index (χ1v) is 22.9. The summed E-state index contributed by atoms with van der Waals surface area (Å²) in [5.74, 6) is 0.0364. The van der Waals surface area contributed by atoms with Gasteiger partial charge in [0.15, 0.2) is 0 Å². The van der Waals surface area contributed by atoms with E-state index in [-0.39, 0.29) is 29.6 Å². The number of amides is 1. The van der Waals surface area contributed by atoms with E-state index in [1.54, 1.807) is 12.1 Å². The number of aromatic nitrogens is 3. The van der Waals surface area contributed by atoms with Gasteiger partial charge in [-0.1, -0.05) is 48.9 Å². The van der Waals surface area contributed by atoms with Gasteiger partial charge in [-0.25, -0.2) is 19.6 Å². The van der Waals surface area contributed by atoms with Gasteiger partial charge in [0.25, 0.3) is 0 Å². The summed E-state index contributed by atoms with van der Waals surface area (Å²) in [4.78, 5) is 49.8. The lowest BCUT2D eigenvalue weighted by molar-refractivity contribution is -0.144. The molecular formula is C51H56ClN5O7. The maximum atomic E-state index is 13.1. The highest BCUT2D eigenvalue weighted by atomic mass is 35.5. The van der Waals surface area contributed by atoms with Crippen molar-refractivity contribution in [2.24, 2.45) is 5.92 Å². The molecule has 64 heavy (non-hydrogen) atoms. The number of nitrogens with zero attached hydrogens (tertiary/aromatic N) is 3. The van der Waals surface area contributed by atoms with Crippen LogP contribution >= 0.6 is 11.6 Å². The van der Waals surface area contributed by atoms with Crippen molar-refractivity contribution in [1.29, 1.82) is 0 Å². The summed E-state index contributed by atoms with van der Waals surface area (Å²) < 4.78 is 12.8. The number of fused-ring (bicyclic) bond motifs is 3. The Morgan fingerprint density at radius 3 is 2.44 bits per heavy atom. The van der Waals surface area contributed by atoms with E-state index in [2.05, 4.69) is 44.6 Å². The fourth-order valence-corrected chi connectivity index (χ4v) is 10.5. The summed E-state index contributed by atoms with van der Waals surface area (Å²) in [6, 6.07) is 23.0. The van der Waals surface area contributed by atoms with Gasteiger partial charge in [-0.3, -0.25) is 9.78 Å². The predicted octanol–water partition coefficient (Wildman–Crippen LogP) is 10.1. The van der Waals surface area contributed by atoms with E-state index in [1.165, 1.54) is 29.1 Å². The molecule has 3 aromatic carbocycles. The number of benzene rings is 3. The zero-order valence-electron chi connectivity index (χ0n) is 36.4. The minimum absolute atomic E-state index is 0.0933. The molecule has 0 radical (unpaired) electrons. The number of aliphatic carboxylic acids is 1. The predicted molar refractivity (Wildman–Crippen MR) is 245 cm³/mol. The van der Waals surface area contributed by atoms with E-state index < -0.39 is 17.5 Å². The van der Waals surface area contributed by atoms with Crippen LogP contribution in [0.3, 0.4) is 0 Å². The Hall–Kier alpha value is -6.01. The number of rotatable bonds is 17. The lowest BCUT2D eigenvalue weighted by Crippen LogP contribution is -2.53. The van der Waals surface area contributed by atoms with E-state index in [9.17, 15) is 19.5 Å². The third-order valence-electron chi connectivity index (χ3n) is 13.8. The van der Waals surface area contributed by atoms with Gasteiger partial charge in [0.2, 0.25) is 11.7 Å². The highest BCUT2D eigenvalue weighted by molar-refractivity contribution is 6.30. The number of carboxylic acid groups (broad SMARTS) is 2. The van der Waals surface area contributed by atoms with Crippen LogP contribution in [-0.2, 0) is 27.8 Å². The first-order valence-electron chi connectivity index (χ1n) is 22.5. The van der Waals surface area contributed by atoms with Gasteiger partial charge in [-0.2, -0.15) is 0 Å². The molecule has 13 heteroatoms. The van der Waals surface area contributed by atoms with Crippen molar-refractivity contribution in [2.75, 3.05) is 18.5 Å². The molecule has 2 heterocycles. The topological polar surface area (TPSA) is 173 Å². The molecule has 4 N–H and O–H groups in total. The van der Waals surface area contributed by atoms with Gasteiger partial charge in [0.1, 0.15) is 17.0 Å². The number of carbonyl (C=O) groups excluding carboxylic acids is 1. The van der Waals surface area contributed by atoms with Crippen LogP contribution in [0, 0.1) is 5.92 Å². The molecule has 0 aliphatic heterocycles. The molecule has 1 saturated carbocycles. The van der Waals surface area contributed by atoms with E-state index >= 15 is 0 Å². The van der Waals surface area contributed by atoms with Crippen LogP contribution in [0.5, 0.6) is 11.5 Å². The number of pyridine rings is 1. The monoisotopic (exact) mass is 885 g/mol. The second-order valence-corrected chi connectivity index (χ2v) is 18.3. The van der Waals surface area contributed by atoms with Gasteiger partial charge in [-0.15, -0.1) is 0 Å². The molecule has 2 unspecified atom stereocenters. The molecule has 3 atom stereocenters. The first kappa shape index (κ1) is 44.6. The molecular weight excluding hydrogens is 830 g/mol. The van der Waals surface area contributed by atoms with Gasteiger partial charge in [0.05, 0.1) is 19.3 Å². The number of aromatic carboxylic acids is 1. The first-order chi connectivity index (χ1) is 30.9. The minimum atomic E-state index is -1.19. The van der Waals surface area contributed by atoms with Crippen LogP contribution in [-0.4, -0.2) is 61.8 Å². The fourth-order valence-electron chi connectivity index (χ4n) is 10.4. The number of ether oxygens (including phenoxy) is 2. The SMILES string of the molecule is CC(NC(=O)CCCOc1ccc2c(c1)C1(CCC(Nc3cccc(Cl)c3)(C(=O)O)CC1)C(CCCOc1ccnc3c1[C@H](C)CCC3)C2)c1cccc(-c2cnc(C(=O)O)nc2)c1. The van der Waals surface area contributed by atoms with Crippen molar-refractivity contribution in [3.8, 4) is 22.6 Å². The third kappa shape index (κ3) is 9.72. The van der Waals surface area contributed by atoms with Gasteiger partial charge in [-0.05, 0) is 160 Å². The molecule has 5 aromatic rings. The summed E-state index contributed by atoms with van der Waals surface area (Å²) in [5, 5.41) is 26.8. The van der Waals surface area contributed by atoms with Crippen molar-refractivity contribution in [3.63, 3.8) is 0 Å². The second kappa shape index (κ2) is 19.4. The number of hydrogen-bond donors (Lipinski definition) is 4. The Labute approximate surface area is 379 Å². The van der Waals surface area contributed by atoms with E-state index in [0.29, 0.717) is 73.4 Å². The van der Waals surface area contributed by atoms with Gasteiger partial charge >= 0.3 is 11.9 Å². The third-order valence-corrected chi connectivity index (χ3v) is 14.0. The van der Waals surface area contributed by atoms with Crippen molar-refractivity contribution >= 4 is 35.1 Å². The molecule has 0 bridgehead atoms. The molecule has 1 amide bonds. The maximum Gasteiger partial charge on any atom is 0.373 e. The average Bonchev–Trinajstić information content (AvgIpc) is 3.58. The van der Waals surface area contributed by atoms with Crippen molar-refractivity contribution in [3.05, 3.63) is 130 Å². The standard InChI is InChI=1S/C51H56ClN5O7/c1-32-8-3-14-43-46(32)44(18-23-53-43)64-25-6-11-38-27-36-16-17-41(29-42(36)50(38)19-21-51(22-20-50,49(61)62)57-40-13-5-12-39(52)28-40)63-24-7-15-45(58)56-33(2)34-9-4-10-35(26-34)37-30-54-47(48(59)60)55-31-37/h4-5,9-10,12-13,16-18,23,26,28-33,38,57H,3,6-8,11,14-15,19-22,24-25,27H2,1-2H3,(H,56,58)(H,59,60)(H,61,62)/t32-,33?,38?,50?,51?/m1/s1. The molecule has 1 spiro atoms. The van der Waals surface area contributed by atoms with E-state index in [1.807, 2.05) is 61.7 Å². The van der Waals surface area contributed by atoms with E-state index in [0.717, 1.165) is 66.8 Å². The van der Waals surface area contributed by atoms with Crippen molar-refractivity contribution in [2.45, 2.75) is 114 Å². The van der Waals surface area contributed by atoms with Crippen LogP contribution < -0.4 is 20.1 Å². The highest BCUT2D eigenvalue weighted by Crippen LogP contribution is 2.56. The normalized spacial score (nSPS) is 21.6. The molecule has 2 aromatic heterocycles. The van der Waals surface area contributed by atoms with Gasteiger partial charge in [0, 0.05) is 52.5 Å². The Kier molecular flexibility index (Phi) is 13.5. The summed E-state index contributed by atoms with van der Waals surface area (Å²) >= 11 is 6.31. The molecule has 3 aliphatic carbocycles. The lowest BCUT2D eigenvalue weighted by Gasteiger charge is -2.47. The number of halogens is 1. The van der Waals surface area contributed by atoms with Crippen LogP contribution in [0.15, 0.2) is 91.4 Å². The number of hydrogen-bond acceptors (Lipinski definition) is 9. The van der Waals surface area contributed by atoms with Gasteiger partial charge < -0.3 is 30.3 Å². The highest BCUT2D eigenvalue weighted by Gasteiger charge is 2.54. The number of carboxylic acids is 2. The number of anilines is 1. The molecule has 12 nitrogen and oxygen atoms in total. The van der Waals surface area contributed by atoms with Crippen molar-refractivity contribution in [1.82, 2.24) is 20.3 Å². The summed E-state index contributed by atoms with van der Waals surface area (Å²) in [5.41, 5.74) is 6.68. The molecule has 1 fully saturated rings. The summed E-state index contributed by atoms with van der Waals surface area (Å²) in [6.45, 7) is 5.15. The van der Waals surface area contributed by atoms with Crippen LogP contribution in [0.4, 0.5) is 5.69 Å². The number of aryl methyl sites for hydroxylation is 1. The molecule has 3 aliphatic rings. The van der Waals surface area contributed by atoms with E-state index in [4.69, 9.17) is 26.2 Å². The zero-order valence-corrected chi connectivity index (χ0v) is 37.2. The largest absolute Gasteiger partial charge is 0.494 e. The Balaban J connectivity index is 0.911. The van der Waals surface area contributed by atoms with Crippen LogP contribution in [0.1, 0.15) is 129 Å². The zero-order chi connectivity index (χ0) is 44.8. The fraction of sp³-hybridized carbons (Fsp3) is 0.412. The molecule has 8 rings (SSSR count). The quantitative estimate of drug-likeness (QED) is 0.0655. The Morgan fingerprint density at radius 1 is 0.891 bits per heavy atom. The summed E-state index contributed by atoms with van der Waals surface area (Å²) in [6.07, 6.45) is 14.0. The lowest BCUT2D eigenvalue weighted by atomic mass is 9.60. The Bertz CT molecular complexity index is 2490.